The molecule has 0 spiro atoms. The highest BCUT2D eigenvalue weighted by molar-refractivity contribution is 7.92. The predicted molar refractivity (Wildman–Crippen MR) is 132 cm³/mol. The lowest BCUT2D eigenvalue weighted by atomic mass is 10.1. The van der Waals surface area contributed by atoms with Crippen molar-refractivity contribution in [1.82, 2.24) is 5.32 Å². The third-order valence-corrected chi connectivity index (χ3v) is 7.60. The summed E-state index contributed by atoms with van der Waals surface area (Å²) in [7, 11) is -2.51. The lowest BCUT2D eigenvalue weighted by molar-refractivity contribution is -0.120. The van der Waals surface area contributed by atoms with Crippen LogP contribution in [0.15, 0.2) is 71.6 Å². The molecule has 3 rings (SSSR count). The van der Waals surface area contributed by atoms with E-state index >= 15 is 0 Å². The highest BCUT2D eigenvalue weighted by atomic mass is 35.5. The fraction of sp³-hybridized carbons (Fsp3) is 0.208. The number of para-hydroxylation sites is 1. The number of halogens is 2. The largest absolute Gasteiger partial charge is 0.496 e. The third kappa shape index (κ3) is 5.79. The van der Waals surface area contributed by atoms with Gasteiger partial charge in [-0.05, 0) is 50.2 Å². The lowest BCUT2D eigenvalue weighted by Crippen LogP contribution is -2.41. The molecule has 0 radical (unpaired) electrons. The van der Waals surface area contributed by atoms with E-state index in [4.69, 9.17) is 27.9 Å². The van der Waals surface area contributed by atoms with E-state index in [2.05, 4.69) is 5.32 Å². The molecule has 1 atom stereocenters. The number of carbonyl (C=O) groups is 1. The molecule has 9 heteroatoms. The average Bonchev–Trinajstić information content (AvgIpc) is 2.79. The molecule has 0 aliphatic rings. The number of anilines is 1. The van der Waals surface area contributed by atoms with Gasteiger partial charge in [0.15, 0.2) is 0 Å². The van der Waals surface area contributed by atoms with Gasteiger partial charge in [-0.25, -0.2) is 8.42 Å². The van der Waals surface area contributed by atoms with E-state index in [1.165, 1.54) is 30.3 Å². The number of nitrogens with one attached hydrogen (secondary N) is 1. The number of aryl methyl sites for hydroxylation is 1. The maximum atomic E-state index is 13.5. The third-order valence-electron chi connectivity index (χ3n) is 5.07. The van der Waals surface area contributed by atoms with Gasteiger partial charge in [0, 0.05) is 5.56 Å². The highest BCUT2D eigenvalue weighted by Gasteiger charge is 2.28. The van der Waals surface area contributed by atoms with Crippen molar-refractivity contribution < 1.29 is 17.9 Å². The zero-order valence-electron chi connectivity index (χ0n) is 18.4. The van der Waals surface area contributed by atoms with Crippen LogP contribution in [0.4, 0.5) is 5.69 Å². The summed E-state index contributed by atoms with van der Waals surface area (Å²) in [6, 6.07) is 17.7. The minimum absolute atomic E-state index is 0.0600. The van der Waals surface area contributed by atoms with Gasteiger partial charge >= 0.3 is 0 Å². The second-order valence-corrected chi connectivity index (χ2v) is 10.1. The maximum absolute atomic E-state index is 13.5. The molecule has 0 aliphatic carbocycles. The minimum Gasteiger partial charge on any atom is -0.496 e. The van der Waals surface area contributed by atoms with Crippen LogP contribution >= 0.6 is 23.2 Å². The monoisotopic (exact) mass is 506 g/mol. The molecule has 1 N–H and O–H groups in total. The van der Waals surface area contributed by atoms with Crippen molar-refractivity contribution in [1.29, 1.82) is 0 Å². The Hall–Kier alpha value is -2.74. The van der Waals surface area contributed by atoms with Crippen molar-refractivity contribution in [3.05, 3.63) is 87.9 Å². The fourth-order valence-corrected chi connectivity index (χ4v) is 5.02. The maximum Gasteiger partial charge on any atom is 0.264 e. The number of benzene rings is 3. The summed E-state index contributed by atoms with van der Waals surface area (Å²) in [6.07, 6.45) is 0. The van der Waals surface area contributed by atoms with Crippen molar-refractivity contribution in [3.8, 4) is 5.75 Å². The molecule has 1 amide bonds. The number of methoxy groups -OCH3 is 1. The Labute approximate surface area is 204 Å². The number of rotatable bonds is 8. The van der Waals surface area contributed by atoms with E-state index < -0.39 is 28.5 Å². The van der Waals surface area contributed by atoms with Crippen LogP contribution in [0.3, 0.4) is 0 Å². The summed E-state index contributed by atoms with van der Waals surface area (Å²) >= 11 is 12.2. The van der Waals surface area contributed by atoms with Gasteiger partial charge in [-0.3, -0.25) is 9.10 Å². The Bertz CT molecular complexity index is 1250. The van der Waals surface area contributed by atoms with Gasteiger partial charge in [-0.2, -0.15) is 0 Å². The zero-order chi connectivity index (χ0) is 24.2. The summed E-state index contributed by atoms with van der Waals surface area (Å²) in [5.41, 5.74) is 1.92. The van der Waals surface area contributed by atoms with Crippen molar-refractivity contribution in [2.75, 3.05) is 18.0 Å². The van der Waals surface area contributed by atoms with E-state index in [0.717, 1.165) is 15.4 Å². The number of amides is 1. The number of ether oxygens (including phenoxy) is 1. The first kappa shape index (κ1) is 24.9. The summed E-state index contributed by atoms with van der Waals surface area (Å²) in [6.45, 7) is 3.21. The normalized spacial score (nSPS) is 12.2. The first-order valence-corrected chi connectivity index (χ1v) is 12.3. The molecule has 0 aliphatic heterocycles. The Morgan fingerprint density at radius 2 is 1.70 bits per heavy atom. The molecular weight excluding hydrogens is 483 g/mol. The van der Waals surface area contributed by atoms with E-state index in [-0.39, 0.29) is 20.6 Å². The standard InChI is InChI=1S/C24H24Cl2N2O4S/c1-16-8-11-19(12-9-16)33(30,31)28(18-10-13-21(25)22(26)14-18)15-24(29)27-17(2)20-6-4-5-7-23(20)32-3/h4-14,17H,15H2,1-3H3,(H,27,29)/t17-/m1/s1. The summed E-state index contributed by atoms with van der Waals surface area (Å²) in [5, 5.41) is 3.31. The van der Waals surface area contributed by atoms with Crippen LogP contribution in [0.5, 0.6) is 5.75 Å². The van der Waals surface area contributed by atoms with Crippen LogP contribution in [0.2, 0.25) is 10.0 Å². The number of carbonyl (C=O) groups excluding carboxylic acids is 1. The second kappa shape index (κ2) is 10.5. The molecule has 0 aromatic heterocycles. The first-order valence-electron chi connectivity index (χ1n) is 10.1. The summed E-state index contributed by atoms with van der Waals surface area (Å²) in [4.78, 5) is 13.0. The van der Waals surface area contributed by atoms with Crippen LogP contribution in [0.1, 0.15) is 24.1 Å². The summed E-state index contributed by atoms with van der Waals surface area (Å²) in [5.74, 6) is 0.133. The molecule has 0 unspecified atom stereocenters. The van der Waals surface area contributed by atoms with Gasteiger partial charge in [0.25, 0.3) is 10.0 Å². The van der Waals surface area contributed by atoms with E-state index in [9.17, 15) is 13.2 Å². The van der Waals surface area contributed by atoms with Gasteiger partial charge in [0.1, 0.15) is 12.3 Å². The van der Waals surface area contributed by atoms with Crippen LogP contribution in [-0.4, -0.2) is 28.0 Å². The smallest absolute Gasteiger partial charge is 0.264 e. The minimum atomic E-state index is -4.06. The highest BCUT2D eigenvalue weighted by Crippen LogP contribution is 2.31. The molecule has 0 saturated carbocycles. The Balaban J connectivity index is 1.93. The molecule has 174 valence electrons. The Morgan fingerprint density at radius 3 is 2.33 bits per heavy atom. The molecule has 0 saturated heterocycles. The molecule has 3 aromatic carbocycles. The van der Waals surface area contributed by atoms with E-state index in [1.807, 2.05) is 25.1 Å². The van der Waals surface area contributed by atoms with Crippen LogP contribution < -0.4 is 14.4 Å². The topological polar surface area (TPSA) is 75.7 Å². The molecular formula is C24H24Cl2N2O4S. The fourth-order valence-electron chi connectivity index (χ4n) is 3.31. The number of sulfonamides is 1. The predicted octanol–water partition coefficient (Wildman–Crippen LogP) is 5.38. The molecule has 3 aromatic rings. The summed E-state index contributed by atoms with van der Waals surface area (Å²) < 4.78 is 33.3. The number of hydrogen-bond donors (Lipinski definition) is 1. The van der Waals surface area contributed by atoms with Gasteiger partial charge in [0.05, 0.1) is 33.8 Å². The van der Waals surface area contributed by atoms with Gasteiger partial charge < -0.3 is 10.1 Å². The molecule has 0 bridgehead atoms. The SMILES string of the molecule is COc1ccccc1[C@@H](C)NC(=O)CN(c1ccc(Cl)c(Cl)c1)S(=O)(=O)c1ccc(C)cc1. The van der Waals surface area contributed by atoms with Gasteiger partial charge in [-0.1, -0.05) is 59.1 Å². The van der Waals surface area contributed by atoms with Crippen LogP contribution in [0, 0.1) is 6.92 Å². The van der Waals surface area contributed by atoms with Gasteiger partial charge in [-0.15, -0.1) is 0 Å². The van der Waals surface area contributed by atoms with Crippen molar-refractivity contribution in [2.45, 2.75) is 24.8 Å². The number of hydrogen-bond acceptors (Lipinski definition) is 4. The Kier molecular flexibility index (Phi) is 7.89. The zero-order valence-corrected chi connectivity index (χ0v) is 20.7. The molecule has 0 fully saturated rings. The van der Waals surface area contributed by atoms with E-state index in [0.29, 0.717) is 5.75 Å². The van der Waals surface area contributed by atoms with Crippen LogP contribution in [-0.2, 0) is 14.8 Å². The molecule has 0 heterocycles. The second-order valence-electron chi connectivity index (χ2n) is 7.45. The van der Waals surface area contributed by atoms with Crippen LogP contribution in [0.25, 0.3) is 0 Å². The quantitative estimate of drug-likeness (QED) is 0.444. The number of nitrogens with zero attached hydrogens (tertiary/aromatic N) is 1. The Morgan fingerprint density at radius 1 is 1.03 bits per heavy atom. The molecule has 33 heavy (non-hydrogen) atoms. The lowest BCUT2D eigenvalue weighted by Gasteiger charge is -2.25. The molecule has 6 nitrogen and oxygen atoms in total. The van der Waals surface area contributed by atoms with Gasteiger partial charge in [0.2, 0.25) is 5.91 Å². The van der Waals surface area contributed by atoms with Crippen molar-refractivity contribution in [3.63, 3.8) is 0 Å². The van der Waals surface area contributed by atoms with Crippen molar-refractivity contribution in [2.24, 2.45) is 0 Å². The van der Waals surface area contributed by atoms with Crippen molar-refractivity contribution >= 4 is 44.8 Å². The first-order chi connectivity index (χ1) is 15.6. The van der Waals surface area contributed by atoms with E-state index in [1.54, 1.807) is 32.2 Å². The average molecular weight is 507 g/mol.